The Kier molecular flexibility index (Phi) is 7.08. The van der Waals surface area contributed by atoms with Crippen LogP contribution in [0, 0.1) is 0 Å². The summed E-state index contributed by atoms with van der Waals surface area (Å²) < 4.78 is 7.23. The summed E-state index contributed by atoms with van der Waals surface area (Å²) in [6.45, 7) is 5.09. The normalized spacial score (nSPS) is 14.7. The van der Waals surface area contributed by atoms with Gasteiger partial charge in [-0.2, -0.15) is 14.8 Å². The number of hydrogen-bond donors (Lipinski definition) is 1. The van der Waals surface area contributed by atoms with Gasteiger partial charge in [0, 0.05) is 19.6 Å². The number of rotatable bonds is 7. The van der Waals surface area contributed by atoms with Gasteiger partial charge in [0.25, 0.3) is 5.56 Å². The highest BCUT2D eigenvalue weighted by Crippen LogP contribution is 2.11. The molecule has 2 aromatic heterocycles. The van der Waals surface area contributed by atoms with Crippen molar-refractivity contribution in [2.45, 2.75) is 39.2 Å². The van der Waals surface area contributed by atoms with Gasteiger partial charge >= 0.3 is 17.5 Å². The predicted molar refractivity (Wildman–Crippen MR) is 120 cm³/mol. The average Bonchev–Trinajstić information content (AvgIpc) is 3.17. The Morgan fingerprint density at radius 2 is 1.82 bits per heavy atom. The van der Waals surface area contributed by atoms with Crippen molar-refractivity contribution in [3.05, 3.63) is 57.1 Å². The number of amides is 1. The van der Waals surface area contributed by atoms with Crippen molar-refractivity contribution in [2.24, 2.45) is 0 Å². The Morgan fingerprint density at radius 1 is 1.09 bits per heavy atom. The van der Waals surface area contributed by atoms with Gasteiger partial charge < -0.3 is 14.7 Å². The SMILES string of the molecule is CCn1c(=O)c(-c2noc(C(=O)NCCN3CCCCCC3)n2)nn(-c2ccccc2)c1=O. The van der Waals surface area contributed by atoms with E-state index < -0.39 is 17.2 Å². The van der Waals surface area contributed by atoms with Gasteiger partial charge in [-0.05, 0) is 45.0 Å². The van der Waals surface area contributed by atoms with Gasteiger partial charge in [-0.15, -0.1) is 0 Å². The quantitative estimate of drug-likeness (QED) is 0.563. The highest BCUT2D eigenvalue weighted by molar-refractivity contribution is 5.89. The van der Waals surface area contributed by atoms with Crippen molar-refractivity contribution in [2.75, 3.05) is 26.2 Å². The minimum absolute atomic E-state index is 0.141. The van der Waals surface area contributed by atoms with E-state index in [0.29, 0.717) is 12.2 Å². The number of aromatic nitrogens is 5. The van der Waals surface area contributed by atoms with Crippen molar-refractivity contribution >= 4 is 5.91 Å². The minimum atomic E-state index is -0.649. The summed E-state index contributed by atoms with van der Waals surface area (Å²) in [5.74, 6) is -0.928. The van der Waals surface area contributed by atoms with Crippen LogP contribution < -0.4 is 16.6 Å². The molecule has 1 aliphatic rings. The number of carbonyl (C=O) groups is 1. The molecule has 4 rings (SSSR count). The number of likely N-dealkylation sites (tertiary alicyclic amines) is 1. The van der Waals surface area contributed by atoms with Crippen LogP contribution >= 0.6 is 0 Å². The van der Waals surface area contributed by atoms with E-state index in [0.717, 1.165) is 28.9 Å². The molecular weight excluding hydrogens is 426 g/mol. The fourth-order valence-electron chi connectivity index (χ4n) is 3.85. The molecule has 1 amide bonds. The molecule has 1 aromatic carbocycles. The van der Waals surface area contributed by atoms with E-state index >= 15 is 0 Å². The molecule has 1 fully saturated rings. The van der Waals surface area contributed by atoms with Crippen molar-refractivity contribution in [3.8, 4) is 17.2 Å². The maximum atomic E-state index is 12.8. The molecule has 1 aliphatic heterocycles. The second-order valence-corrected chi connectivity index (χ2v) is 7.86. The van der Waals surface area contributed by atoms with E-state index in [2.05, 4.69) is 25.5 Å². The summed E-state index contributed by atoms with van der Waals surface area (Å²) >= 11 is 0. The number of carbonyl (C=O) groups excluding carboxylic acids is 1. The van der Waals surface area contributed by atoms with Gasteiger partial charge in [-0.3, -0.25) is 14.2 Å². The Labute approximate surface area is 190 Å². The third-order valence-electron chi connectivity index (χ3n) is 5.62. The van der Waals surface area contributed by atoms with Crippen LogP contribution in [0.15, 0.2) is 44.4 Å². The van der Waals surface area contributed by atoms with Crippen LogP contribution in [-0.4, -0.2) is 61.5 Å². The third-order valence-corrected chi connectivity index (χ3v) is 5.62. The zero-order valence-corrected chi connectivity index (χ0v) is 18.6. The third kappa shape index (κ3) is 5.08. The highest BCUT2D eigenvalue weighted by Gasteiger charge is 2.22. The topological polar surface area (TPSA) is 128 Å². The molecule has 0 atom stereocenters. The lowest BCUT2D eigenvalue weighted by Crippen LogP contribution is -2.41. The van der Waals surface area contributed by atoms with Crippen molar-refractivity contribution in [3.63, 3.8) is 0 Å². The van der Waals surface area contributed by atoms with E-state index in [4.69, 9.17) is 4.52 Å². The Hall–Kier alpha value is -3.60. The van der Waals surface area contributed by atoms with Gasteiger partial charge in [-0.1, -0.05) is 36.2 Å². The number of nitrogens with zero attached hydrogens (tertiary/aromatic N) is 6. The molecular formula is C22H27N7O4. The van der Waals surface area contributed by atoms with E-state index in [9.17, 15) is 14.4 Å². The number of para-hydroxylation sites is 1. The zero-order valence-electron chi connectivity index (χ0n) is 18.6. The molecule has 33 heavy (non-hydrogen) atoms. The monoisotopic (exact) mass is 453 g/mol. The smallest absolute Gasteiger partial charge is 0.347 e. The fraction of sp³-hybridized carbons (Fsp3) is 0.455. The van der Waals surface area contributed by atoms with Gasteiger partial charge in [0.2, 0.25) is 5.82 Å². The predicted octanol–water partition coefficient (Wildman–Crippen LogP) is 1.07. The molecule has 11 heteroatoms. The summed E-state index contributed by atoms with van der Waals surface area (Å²) in [7, 11) is 0. The molecule has 3 heterocycles. The van der Waals surface area contributed by atoms with Crippen LogP contribution in [0.25, 0.3) is 17.2 Å². The van der Waals surface area contributed by atoms with E-state index in [-0.39, 0.29) is 24.0 Å². The van der Waals surface area contributed by atoms with Gasteiger partial charge in [0.15, 0.2) is 5.69 Å². The highest BCUT2D eigenvalue weighted by atomic mass is 16.5. The molecule has 0 bridgehead atoms. The average molecular weight is 454 g/mol. The Morgan fingerprint density at radius 3 is 2.52 bits per heavy atom. The first kappa shape index (κ1) is 22.6. The number of nitrogens with one attached hydrogen (secondary N) is 1. The van der Waals surface area contributed by atoms with Gasteiger partial charge in [-0.25, -0.2) is 4.79 Å². The Balaban J connectivity index is 1.53. The molecule has 1 saturated heterocycles. The largest absolute Gasteiger partial charge is 0.352 e. The van der Waals surface area contributed by atoms with Crippen LogP contribution in [0.2, 0.25) is 0 Å². The second-order valence-electron chi connectivity index (χ2n) is 7.86. The Bertz CT molecular complexity index is 1210. The van der Waals surface area contributed by atoms with E-state index in [1.165, 1.54) is 25.7 Å². The fourth-order valence-corrected chi connectivity index (χ4v) is 3.85. The lowest BCUT2D eigenvalue weighted by atomic mass is 10.2. The van der Waals surface area contributed by atoms with Gasteiger partial charge in [0.1, 0.15) is 0 Å². The molecule has 11 nitrogen and oxygen atoms in total. The lowest BCUT2D eigenvalue weighted by Gasteiger charge is -2.19. The number of hydrogen-bond acceptors (Lipinski definition) is 8. The molecule has 3 aromatic rings. The first-order valence-corrected chi connectivity index (χ1v) is 11.2. The molecule has 0 radical (unpaired) electrons. The first-order chi connectivity index (χ1) is 16.1. The van der Waals surface area contributed by atoms with Crippen LogP contribution in [0.3, 0.4) is 0 Å². The molecule has 0 aliphatic carbocycles. The second kappa shape index (κ2) is 10.3. The summed E-state index contributed by atoms with van der Waals surface area (Å²) in [6.07, 6.45) is 4.85. The van der Waals surface area contributed by atoms with Crippen molar-refractivity contribution < 1.29 is 9.32 Å². The van der Waals surface area contributed by atoms with Crippen molar-refractivity contribution in [1.82, 2.24) is 34.7 Å². The van der Waals surface area contributed by atoms with E-state index in [1.807, 2.05) is 6.07 Å². The molecule has 0 unspecified atom stereocenters. The van der Waals surface area contributed by atoms with Crippen LogP contribution in [0.5, 0.6) is 0 Å². The van der Waals surface area contributed by atoms with Crippen LogP contribution in [0.1, 0.15) is 43.3 Å². The summed E-state index contributed by atoms with van der Waals surface area (Å²) in [5.41, 5.74) is -0.912. The molecule has 0 saturated carbocycles. The summed E-state index contributed by atoms with van der Waals surface area (Å²) in [6, 6.07) is 8.71. The lowest BCUT2D eigenvalue weighted by molar-refractivity contribution is 0.0904. The van der Waals surface area contributed by atoms with Gasteiger partial charge in [0.05, 0.1) is 5.69 Å². The van der Waals surface area contributed by atoms with Crippen LogP contribution in [0.4, 0.5) is 0 Å². The zero-order chi connectivity index (χ0) is 23.2. The molecule has 174 valence electrons. The van der Waals surface area contributed by atoms with Crippen LogP contribution in [-0.2, 0) is 6.54 Å². The summed E-state index contributed by atoms with van der Waals surface area (Å²) in [4.78, 5) is 44.4. The standard InChI is InChI=1S/C22H27N7O4/c1-2-28-21(31)17(25-29(22(28)32)16-10-6-5-7-11-16)18-24-20(33-26-18)19(30)23-12-15-27-13-8-3-4-9-14-27/h5-7,10-11H,2-4,8-9,12-15H2,1H3,(H,23,30). The summed E-state index contributed by atoms with van der Waals surface area (Å²) in [5, 5.41) is 10.7. The molecule has 1 N–H and O–H groups in total. The van der Waals surface area contributed by atoms with Crippen molar-refractivity contribution in [1.29, 1.82) is 0 Å². The first-order valence-electron chi connectivity index (χ1n) is 11.2. The maximum Gasteiger partial charge on any atom is 0.352 e. The minimum Gasteiger partial charge on any atom is -0.347 e. The van der Waals surface area contributed by atoms with E-state index in [1.54, 1.807) is 31.2 Å². The maximum absolute atomic E-state index is 12.8. The number of benzene rings is 1. The molecule has 0 spiro atoms.